The van der Waals surface area contributed by atoms with E-state index in [-0.39, 0.29) is 5.82 Å². The number of nitrogens with zero attached hydrogens (tertiary/aromatic N) is 8. The van der Waals surface area contributed by atoms with Crippen molar-refractivity contribution in [2.45, 2.75) is 6.18 Å². The van der Waals surface area contributed by atoms with Gasteiger partial charge < -0.3 is 4.57 Å². The molecule has 2 heterocycles. The molecule has 0 bridgehead atoms. The zero-order valence-corrected chi connectivity index (χ0v) is 35.0. The smallest absolute Gasteiger partial charge is 0.309 e. The zero-order chi connectivity index (χ0) is 46.2. The Bertz CT molecular complexity index is 3600. The van der Waals surface area contributed by atoms with Gasteiger partial charge in [0.2, 0.25) is 0 Å². The minimum absolute atomic E-state index is 0.238. The second kappa shape index (κ2) is 16.8. The number of aromatic nitrogens is 4. The van der Waals surface area contributed by atoms with Crippen LogP contribution >= 0.6 is 0 Å². The van der Waals surface area contributed by atoms with Gasteiger partial charge in [0.25, 0.3) is 0 Å². The molecule has 0 amide bonds. The van der Waals surface area contributed by atoms with Gasteiger partial charge in [-0.2, -0.15) is 34.2 Å². The summed E-state index contributed by atoms with van der Waals surface area (Å²) < 4.78 is 44.8. The van der Waals surface area contributed by atoms with Crippen LogP contribution < -0.4 is 0 Å². The van der Waals surface area contributed by atoms with E-state index in [1.807, 2.05) is 114 Å². The maximum absolute atomic E-state index is 14.3. The maximum Gasteiger partial charge on any atom is 0.416 e. The molecule has 8 nitrogen and oxygen atoms in total. The van der Waals surface area contributed by atoms with Gasteiger partial charge in [0.1, 0.15) is 0 Å². The Hall–Kier alpha value is -9.68. The van der Waals surface area contributed by atoms with E-state index >= 15 is 0 Å². The molecule has 314 valence electrons. The Morgan fingerprint density at radius 3 is 1.36 bits per heavy atom. The quantitative estimate of drug-likeness (QED) is 0.155. The predicted molar refractivity (Wildman–Crippen MR) is 251 cm³/mol. The van der Waals surface area contributed by atoms with Gasteiger partial charge in [-0.1, -0.05) is 103 Å². The van der Waals surface area contributed by atoms with E-state index < -0.39 is 11.7 Å². The van der Waals surface area contributed by atoms with Crippen molar-refractivity contribution >= 4 is 21.8 Å². The Balaban J connectivity index is 1.26. The first kappa shape index (κ1) is 41.3. The van der Waals surface area contributed by atoms with Crippen molar-refractivity contribution in [2.24, 2.45) is 0 Å². The number of alkyl halides is 3. The van der Waals surface area contributed by atoms with E-state index in [0.29, 0.717) is 67.4 Å². The Morgan fingerprint density at radius 2 is 0.866 bits per heavy atom. The van der Waals surface area contributed by atoms with Crippen LogP contribution in [0.5, 0.6) is 0 Å². The molecule has 8 aromatic carbocycles. The molecule has 10 rings (SSSR count). The van der Waals surface area contributed by atoms with Gasteiger partial charge in [-0.25, -0.2) is 15.0 Å². The van der Waals surface area contributed by atoms with E-state index in [4.69, 9.17) is 15.0 Å². The van der Waals surface area contributed by atoms with Crippen molar-refractivity contribution in [3.63, 3.8) is 0 Å². The Morgan fingerprint density at radius 1 is 0.388 bits per heavy atom. The molecule has 11 heteroatoms. The van der Waals surface area contributed by atoms with E-state index in [0.717, 1.165) is 56.2 Å². The van der Waals surface area contributed by atoms with Crippen LogP contribution in [0.25, 0.3) is 95.0 Å². The standard InChI is InChI=1S/C56H29F3N8/c57-56(58,59)43-13-7-12-38(26-43)47-21-18-44(29-50(47)55-65-53(36-8-3-1-4-9-36)64-54(66-55)37-10-5-2-6-11-37)67-51-22-16-39(45-19-14-34(30-60)24-41(45)32-62)27-48(51)49-28-40(17-23-52(49)67)46-20-15-35(31-61)25-42(46)33-63/h1-29H. The van der Waals surface area contributed by atoms with Gasteiger partial charge in [0, 0.05) is 33.2 Å². The SMILES string of the molecule is N#Cc1ccc(-c2ccc3c(c2)c2cc(-c4ccc(C#N)cc4C#N)ccc2n3-c2ccc(-c3cccc(C(F)(F)F)c3)c(-c3nc(-c4ccccc4)nc(-c4ccccc4)n3)c2)c(C#N)c1. The molecule has 2 aromatic heterocycles. The van der Waals surface area contributed by atoms with Crippen LogP contribution in [0.3, 0.4) is 0 Å². The van der Waals surface area contributed by atoms with Gasteiger partial charge >= 0.3 is 6.18 Å². The second-order valence-corrected chi connectivity index (χ2v) is 15.6. The molecule has 0 aliphatic carbocycles. The average Bonchev–Trinajstić information content (AvgIpc) is 3.71. The van der Waals surface area contributed by atoms with E-state index in [1.165, 1.54) is 6.07 Å². The van der Waals surface area contributed by atoms with Crippen molar-refractivity contribution in [2.75, 3.05) is 0 Å². The predicted octanol–water partition coefficient (Wildman–Crippen LogP) is 13.5. The fourth-order valence-electron chi connectivity index (χ4n) is 8.45. The highest BCUT2D eigenvalue weighted by molar-refractivity contribution is 6.12. The summed E-state index contributed by atoms with van der Waals surface area (Å²) in [6.07, 6.45) is -4.59. The summed E-state index contributed by atoms with van der Waals surface area (Å²) in [6, 6.07) is 59.7. The molecule has 0 radical (unpaired) electrons. The van der Waals surface area contributed by atoms with Crippen molar-refractivity contribution in [1.29, 1.82) is 21.0 Å². The lowest BCUT2D eigenvalue weighted by Crippen LogP contribution is -2.05. The molecule has 10 aromatic rings. The van der Waals surface area contributed by atoms with E-state index in [9.17, 15) is 34.2 Å². The number of rotatable bonds is 7. The summed E-state index contributed by atoms with van der Waals surface area (Å²) in [7, 11) is 0. The highest BCUT2D eigenvalue weighted by Crippen LogP contribution is 2.42. The molecule has 0 unspecified atom stereocenters. The van der Waals surface area contributed by atoms with Crippen molar-refractivity contribution < 1.29 is 13.2 Å². The molecule has 0 N–H and O–H groups in total. The third-order valence-corrected chi connectivity index (χ3v) is 11.6. The summed E-state index contributed by atoms with van der Waals surface area (Å²) in [5.74, 6) is 0.990. The fourth-order valence-corrected chi connectivity index (χ4v) is 8.45. The molecule has 0 atom stereocenters. The van der Waals surface area contributed by atoms with E-state index in [1.54, 1.807) is 48.5 Å². The first-order chi connectivity index (χ1) is 32.6. The summed E-state index contributed by atoms with van der Waals surface area (Å²) in [5.41, 5.74) is 8.08. The van der Waals surface area contributed by atoms with Crippen LogP contribution in [0.15, 0.2) is 176 Å². The van der Waals surface area contributed by atoms with Crippen LogP contribution in [-0.2, 0) is 6.18 Å². The molecule has 0 fully saturated rings. The van der Waals surface area contributed by atoms with Crippen molar-refractivity contribution in [3.05, 3.63) is 204 Å². The van der Waals surface area contributed by atoms with Gasteiger partial charge in [-0.3, -0.25) is 0 Å². The summed E-state index contributed by atoms with van der Waals surface area (Å²) >= 11 is 0. The van der Waals surface area contributed by atoms with Gasteiger partial charge in [-0.05, 0) is 106 Å². The minimum atomic E-state index is -4.59. The van der Waals surface area contributed by atoms with Gasteiger partial charge in [-0.15, -0.1) is 0 Å². The molecule has 67 heavy (non-hydrogen) atoms. The average molecular weight is 871 g/mol. The summed E-state index contributed by atoms with van der Waals surface area (Å²) in [5, 5.41) is 41.0. The number of benzene rings is 8. The van der Waals surface area contributed by atoms with Crippen LogP contribution in [0.4, 0.5) is 13.2 Å². The first-order valence-electron chi connectivity index (χ1n) is 20.8. The third-order valence-electron chi connectivity index (χ3n) is 11.6. The van der Waals surface area contributed by atoms with Crippen LogP contribution in [0, 0.1) is 45.3 Å². The monoisotopic (exact) mass is 870 g/mol. The van der Waals surface area contributed by atoms with Crippen LogP contribution in [0.2, 0.25) is 0 Å². The Kier molecular flexibility index (Phi) is 10.4. The van der Waals surface area contributed by atoms with Crippen molar-refractivity contribution in [1.82, 2.24) is 19.5 Å². The highest BCUT2D eigenvalue weighted by atomic mass is 19.4. The number of hydrogen-bond donors (Lipinski definition) is 0. The lowest BCUT2D eigenvalue weighted by molar-refractivity contribution is -0.137. The molecular formula is C56H29F3N8. The summed E-state index contributed by atoms with van der Waals surface area (Å²) in [4.78, 5) is 14.9. The summed E-state index contributed by atoms with van der Waals surface area (Å²) in [6.45, 7) is 0. The molecule has 0 saturated heterocycles. The minimum Gasteiger partial charge on any atom is -0.309 e. The topological polar surface area (TPSA) is 139 Å². The molecule has 0 spiro atoms. The Labute approximate surface area is 381 Å². The number of hydrogen-bond acceptors (Lipinski definition) is 7. The number of halogens is 3. The molecule has 0 aliphatic rings. The van der Waals surface area contributed by atoms with E-state index in [2.05, 4.69) is 24.3 Å². The largest absolute Gasteiger partial charge is 0.416 e. The molecule has 0 saturated carbocycles. The lowest BCUT2D eigenvalue weighted by Gasteiger charge is -2.16. The second-order valence-electron chi connectivity index (χ2n) is 15.6. The fraction of sp³-hybridized carbons (Fsp3) is 0.0179. The normalized spacial score (nSPS) is 11.1. The lowest BCUT2D eigenvalue weighted by atomic mass is 9.95. The third kappa shape index (κ3) is 7.66. The van der Waals surface area contributed by atoms with Crippen LogP contribution in [-0.4, -0.2) is 19.5 Å². The molecule has 0 aliphatic heterocycles. The maximum atomic E-state index is 14.3. The highest BCUT2D eigenvalue weighted by Gasteiger charge is 2.31. The number of nitriles is 4. The number of fused-ring (bicyclic) bond motifs is 3. The van der Waals surface area contributed by atoms with Crippen molar-refractivity contribution in [3.8, 4) is 97.5 Å². The molecular weight excluding hydrogens is 842 g/mol. The van der Waals surface area contributed by atoms with Gasteiger partial charge in [0.15, 0.2) is 17.5 Å². The van der Waals surface area contributed by atoms with Gasteiger partial charge in [0.05, 0.1) is 63.1 Å². The zero-order valence-electron chi connectivity index (χ0n) is 35.0. The first-order valence-corrected chi connectivity index (χ1v) is 20.8. The van der Waals surface area contributed by atoms with Crippen LogP contribution in [0.1, 0.15) is 27.8 Å².